The van der Waals surface area contributed by atoms with Crippen LogP contribution in [0.25, 0.3) is 0 Å². The molecule has 0 radical (unpaired) electrons. The summed E-state index contributed by atoms with van der Waals surface area (Å²) in [5.41, 5.74) is 6.06. The highest BCUT2D eigenvalue weighted by atomic mass is 19.2. The Kier molecular flexibility index (Phi) is 2.96. The molecule has 3 N–H and O–H groups in total. The van der Waals surface area contributed by atoms with Crippen molar-refractivity contribution in [3.63, 3.8) is 0 Å². The standard InChI is InChI=1S/C11H11F2N3/c12-8-3-1-2-7(10(8)13)6-9(14)11-15-4-5-16-11/h1-5,9H,6,14H2,(H,15,16). The van der Waals surface area contributed by atoms with Crippen molar-refractivity contribution in [2.45, 2.75) is 12.5 Å². The van der Waals surface area contributed by atoms with Crippen molar-refractivity contribution < 1.29 is 8.78 Å². The minimum Gasteiger partial charge on any atom is -0.347 e. The van der Waals surface area contributed by atoms with Crippen molar-refractivity contribution in [1.29, 1.82) is 0 Å². The maximum atomic E-state index is 13.3. The average Bonchev–Trinajstić information content (AvgIpc) is 2.78. The zero-order valence-electron chi connectivity index (χ0n) is 8.45. The fraction of sp³-hybridized carbons (Fsp3) is 0.182. The second-order valence-corrected chi connectivity index (χ2v) is 3.50. The second-order valence-electron chi connectivity index (χ2n) is 3.50. The monoisotopic (exact) mass is 223 g/mol. The molecule has 1 atom stereocenters. The third kappa shape index (κ3) is 2.09. The minimum atomic E-state index is -0.857. The molecule has 5 heteroatoms. The third-order valence-electron chi connectivity index (χ3n) is 2.34. The first-order chi connectivity index (χ1) is 7.68. The van der Waals surface area contributed by atoms with Crippen LogP contribution >= 0.6 is 0 Å². The molecular weight excluding hydrogens is 212 g/mol. The number of aromatic nitrogens is 2. The number of imidazole rings is 1. The first kappa shape index (κ1) is 10.8. The second kappa shape index (κ2) is 4.40. The molecule has 0 amide bonds. The first-order valence-corrected chi connectivity index (χ1v) is 4.86. The molecule has 1 heterocycles. The highest BCUT2D eigenvalue weighted by molar-refractivity contribution is 5.20. The molecule has 84 valence electrons. The normalized spacial score (nSPS) is 12.7. The van der Waals surface area contributed by atoms with Gasteiger partial charge in [0.05, 0.1) is 6.04 Å². The number of nitrogens with one attached hydrogen (secondary N) is 1. The Balaban J connectivity index is 2.18. The lowest BCUT2D eigenvalue weighted by Gasteiger charge is -2.09. The molecule has 0 aliphatic rings. The zero-order chi connectivity index (χ0) is 11.5. The lowest BCUT2D eigenvalue weighted by molar-refractivity contribution is 0.493. The molecule has 0 fully saturated rings. The van der Waals surface area contributed by atoms with Gasteiger partial charge in [-0.05, 0) is 18.1 Å². The van der Waals surface area contributed by atoms with E-state index in [2.05, 4.69) is 9.97 Å². The van der Waals surface area contributed by atoms with E-state index in [1.807, 2.05) is 0 Å². The zero-order valence-corrected chi connectivity index (χ0v) is 8.45. The van der Waals surface area contributed by atoms with Gasteiger partial charge in [-0.25, -0.2) is 13.8 Å². The lowest BCUT2D eigenvalue weighted by Crippen LogP contribution is -2.16. The SMILES string of the molecule is NC(Cc1cccc(F)c1F)c1ncc[nH]1. The van der Waals surface area contributed by atoms with Gasteiger partial charge in [0.25, 0.3) is 0 Å². The summed E-state index contributed by atoms with van der Waals surface area (Å²) in [6.07, 6.45) is 3.41. The van der Waals surface area contributed by atoms with Gasteiger partial charge in [-0.1, -0.05) is 12.1 Å². The van der Waals surface area contributed by atoms with Crippen molar-refractivity contribution in [2.75, 3.05) is 0 Å². The molecule has 0 bridgehead atoms. The third-order valence-corrected chi connectivity index (χ3v) is 2.34. The Bertz CT molecular complexity index is 468. The Morgan fingerprint density at radius 3 is 2.88 bits per heavy atom. The molecule has 0 saturated carbocycles. The van der Waals surface area contributed by atoms with Gasteiger partial charge in [0, 0.05) is 12.4 Å². The smallest absolute Gasteiger partial charge is 0.162 e. The van der Waals surface area contributed by atoms with Crippen LogP contribution in [-0.2, 0) is 6.42 Å². The fourth-order valence-electron chi connectivity index (χ4n) is 1.52. The van der Waals surface area contributed by atoms with E-state index in [-0.39, 0.29) is 12.0 Å². The molecule has 0 aliphatic heterocycles. The summed E-state index contributed by atoms with van der Waals surface area (Å²) < 4.78 is 26.3. The quantitative estimate of drug-likeness (QED) is 0.835. The van der Waals surface area contributed by atoms with Gasteiger partial charge in [0.1, 0.15) is 5.82 Å². The van der Waals surface area contributed by atoms with Crippen molar-refractivity contribution in [3.8, 4) is 0 Å². The van der Waals surface area contributed by atoms with E-state index < -0.39 is 17.7 Å². The van der Waals surface area contributed by atoms with Gasteiger partial charge >= 0.3 is 0 Å². The summed E-state index contributed by atoms with van der Waals surface area (Å²) in [7, 11) is 0. The Hall–Kier alpha value is -1.75. The van der Waals surface area contributed by atoms with Crippen LogP contribution in [0, 0.1) is 11.6 Å². The molecule has 2 rings (SSSR count). The summed E-state index contributed by atoms with van der Waals surface area (Å²) in [5, 5.41) is 0. The van der Waals surface area contributed by atoms with E-state index in [4.69, 9.17) is 5.73 Å². The van der Waals surface area contributed by atoms with Crippen LogP contribution in [0.1, 0.15) is 17.4 Å². The first-order valence-electron chi connectivity index (χ1n) is 4.86. The highest BCUT2D eigenvalue weighted by Gasteiger charge is 2.14. The lowest BCUT2D eigenvalue weighted by atomic mass is 10.1. The van der Waals surface area contributed by atoms with E-state index in [1.165, 1.54) is 12.1 Å². The van der Waals surface area contributed by atoms with Gasteiger partial charge in [-0.15, -0.1) is 0 Å². The molecule has 1 aromatic carbocycles. The van der Waals surface area contributed by atoms with Crippen LogP contribution in [0.4, 0.5) is 8.78 Å². The molecule has 3 nitrogen and oxygen atoms in total. The van der Waals surface area contributed by atoms with Crippen molar-refractivity contribution >= 4 is 0 Å². The fourth-order valence-corrected chi connectivity index (χ4v) is 1.52. The highest BCUT2D eigenvalue weighted by Crippen LogP contribution is 2.17. The van der Waals surface area contributed by atoms with Crippen LogP contribution in [-0.4, -0.2) is 9.97 Å². The van der Waals surface area contributed by atoms with Gasteiger partial charge in [-0.2, -0.15) is 0 Å². The molecule has 0 aliphatic carbocycles. The predicted octanol–water partition coefficient (Wildman–Crippen LogP) is 1.93. The Morgan fingerprint density at radius 2 is 2.19 bits per heavy atom. The number of hydrogen-bond donors (Lipinski definition) is 2. The van der Waals surface area contributed by atoms with E-state index in [9.17, 15) is 8.78 Å². The van der Waals surface area contributed by atoms with E-state index in [0.29, 0.717) is 5.82 Å². The average molecular weight is 223 g/mol. The van der Waals surface area contributed by atoms with Gasteiger partial charge in [0.2, 0.25) is 0 Å². The van der Waals surface area contributed by atoms with E-state index in [1.54, 1.807) is 12.4 Å². The molecule has 1 aromatic heterocycles. The summed E-state index contributed by atoms with van der Waals surface area (Å²) >= 11 is 0. The van der Waals surface area contributed by atoms with Crippen LogP contribution in [0.3, 0.4) is 0 Å². The summed E-state index contributed by atoms with van der Waals surface area (Å²) in [5.74, 6) is -1.14. The van der Waals surface area contributed by atoms with Gasteiger partial charge < -0.3 is 10.7 Å². The maximum absolute atomic E-state index is 13.3. The van der Waals surface area contributed by atoms with Crippen LogP contribution in [0.2, 0.25) is 0 Å². The van der Waals surface area contributed by atoms with Crippen LogP contribution in [0.15, 0.2) is 30.6 Å². The number of hydrogen-bond acceptors (Lipinski definition) is 2. The molecule has 16 heavy (non-hydrogen) atoms. The molecule has 0 saturated heterocycles. The predicted molar refractivity (Wildman–Crippen MR) is 55.6 cm³/mol. The number of nitrogens with two attached hydrogens (primary N) is 1. The molecule has 1 unspecified atom stereocenters. The van der Waals surface area contributed by atoms with Gasteiger partial charge in [-0.3, -0.25) is 0 Å². The van der Waals surface area contributed by atoms with Crippen LogP contribution < -0.4 is 5.73 Å². The number of halogens is 2. The summed E-state index contributed by atoms with van der Waals surface area (Å²) in [6, 6.07) is 3.59. The number of benzene rings is 1. The maximum Gasteiger partial charge on any atom is 0.162 e. The van der Waals surface area contributed by atoms with Crippen molar-refractivity contribution in [1.82, 2.24) is 9.97 Å². The molecule has 2 aromatic rings. The molecule has 0 spiro atoms. The van der Waals surface area contributed by atoms with Gasteiger partial charge in [0.15, 0.2) is 11.6 Å². The van der Waals surface area contributed by atoms with Crippen molar-refractivity contribution in [2.24, 2.45) is 5.73 Å². The topological polar surface area (TPSA) is 54.7 Å². The largest absolute Gasteiger partial charge is 0.347 e. The van der Waals surface area contributed by atoms with Crippen molar-refractivity contribution in [3.05, 3.63) is 53.6 Å². The summed E-state index contributed by atoms with van der Waals surface area (Å²) in [6.45, 7) is 0. The number of nitrogens with zero attached hydrogens (tertiary/aromatic N) is 1. The number of rotatable bonds is 3. The Labute approximate surface area is 91.3 Å². The molecular formula is C11H11F2N3. The minimum absolute atomic E-state index is 0.205. The number of H-pyrrole nitrogens is 1. The Morgan fingerprint density at radius 1 is 1.38 bits per heavy atom. The van der Waals surface area contributed by atoms with E-state index in [0.717, 1.165) is 6.07 Å². The van der Waals surface area contributed by atoms with E-state index >= 15 is 0 Å². The summed E-state index contributed by atoms with van der Waals surface area (Å²) in [4.78, 5) is 6.81. The van der Waals surface area contributed by atoms with Crippen LogP contribution in [0.5, 0.6) is 0 Å². The number of aromatic amines is 1.